The van der Waals surface area contributed by atoms with Crippen molar-refractivity contribution in [1.29, 1.82) is 0 Å². The summed E-state index contributed by atoms with van der Waals surface area (Å²) in [6, 6.07) is 4.73. The Morgan fingerprint density at radius 2 is 1.92 bits per heavy atom. The number of halogens is 4. The van der Waals surface area contributed by atoms with Gasteiger partial charge in [0.25, 0.3) is 0 Å². The summed E-state index contributed by atoms with van der Waals surface area (Å²) >= 11 is 0. The van der Waals surface area contributed by atoms with Crippen molar-refractivity contribution in [3.63, 3.8) is 0 Å². The highest BCUT2D eigenvalue weighted by atomic mass is 19.4. The number of carbonyl (C=O) groups excluding carboxylic acids is 1. The van der Waals surface area contributed by atoms with Crippen molar-refractivity contribution < 1.29 is 22.4 Å². The molecule has 9 heteroatoms. The molecule has 1 aliphatic rings. The molecule has 134 valence electrons. The molecule has 0 radical (unpaired) electrons. The van der Waals surface area contributed by atoms with Crippen molar-refractivity contribution in [2.24, 2.45) is 5.41 Å². The van der Waals surface area contributed by atoms with Crippen LogP contribution >= 0.6 is 0 Å². The average Bonchev–Trinajstić information content (AvgIpc) is 3.21. The van der Waals surface area contributed by atoms with E-state index in [-0.39, 0.29) is 24.8 Å². The van der Waals surface area contributed by atoms with Crippen LogP contribution in [0.1, 0.15) is 30.4 Å². The Morgan fingerprint density at radius 1 is 1.24 bits per heavy atom. The molecule has 5 nitrogen and oxygen atoms in total. The van der Waals surface area contributed by atoms with Crippen LogP contribution in [0, 0.1) is 5.41 Å². The Morgan fingerprint density at radius 3 is 2.48 bits per heavy atom. The van der Waals surface area contributed by atoms with Gasteiger partial charge in [-0.15, -0.1) is 5.10 Å². The highest BCUT2D eigenvalue weighted by molar-refractivity contribution is 5.95. The van der Waals surface area contributed by atoms with E-state index in [0.717, 1.165) is 12.1 Å². The summed E-state index contributed by atoms with van der Waals surface area (Å²) in [5, 5.41) is 6.64. The average molecular weight is 356 g/mol. The maximum atomic E-state index is 12.5. The van der Waals surface area contributed by atoms with Crippen molar-refractivity contribution >= 4 is 11.9 Å². The Labute approximate surface area is 141 Å². The van der Waals surface area contributed by atoms with Gasteiger partial charge in [0.05, 0.1) is 24.2 Å². The van der Waals surface area contributed by atoms with Gasteiger partial charge in [0.15, 0.2) is 0 Å². The zero-order valence-corrected chi connectivity index (χ0v) is 13.2. The van der Waals surface area contributed by atoms with Crippen LogP contribution in [0.2, 0.25) is 0 Å². The Balaban J connectivity index is 1.61. The van der Waals surface area contributed by atoms with Crippen molar-refractivity contribution in [2.75, 3.05) is 12.0 Å². The minimum absolute atomic E-state index is 0.0991. The minimum Gasteiger partial charge on any atom is -0.293 e. The summed E-state index contributed by atoms with van der Waals surface area (Å²) < 4.78 is 51.5. The van der Waals surface area contributed by atoms with E-state index in [1.165, 1.54) is 23.1 Å². The number of anilines is 1. The number of nitrogens with zero attached hydrogens (tertiary/aromatic N) is 3. The van der Waals surface area contributed by atoms with Crippen LogP contribution in [0.15, 0.2) is 30.6 Å². The molecule has 1 aliphatic carbocycles. The second-order valence-electron chi connectivity index (χ2n) is 6.13. The summed E-state index contributed by atoms with van der Waals surface area (Å²) in [6.45, 7) is -0.333. The van der Waals surface area contributed by atoms with Crippen LogP contribution in [0.5, 0.6) is 0 Å². The molecule has 1 amide bonds. The third kappa shape index (κ3) is 3.97. The van der Waals surface area contributed by atoms with Crippen molar-refractivity contribution in [2.45, 2.75) is 32.0 Å². The molecule has 25 heavy (non-hydrogen) atoms. The van der Waals surface area contributed by atoms with Crippen LogP contribution in [0.4, 0.5) is 23.5 Å². The first kappa shape index (κ1) is 17.4. The van der Waals surface area contributed by atoms with E-state index >= 15 is 0 Å². The maximum absolute atomic E-state index is 12.5. The third-order valence-electron chi connectivity index (χ3n) is 4.30. The number of carbonyl (C=O) groups is 1. The molecule has 0 saturated heterocycles. The van der Waals surface area contributed by atoms with E-state index in [9.17, 15) is 22.4 Å². The summed E-state index contributed by atoms with van der Waals surface area (Å²) in [5.41, 5.74) is -0.745. The predicted octanol–water partition coefficient (Wildman–Crippen LogP) is 3.42. The lowest BCUT2D eigenvalue weighted by Gasteiger charge is -2.11. The molecule has 1 aromatic carbocycles. The number of nitrogens with one attached hydrogen (secondary N) is 1. The fourth-order valence-electron chi connectivity index (χ4n) is 2.57. The number of rotatable bonds is 6. The summed E-state index contributed by atoms with van der Waals surface area (Å²) in [5.74, 6) is -0.195. The van der Waals surface area contributed by atoms with E-state index < -0.39 is 23.8 Å². The second-order valence-corrected chi connectivity index (χ2v) is 6.13. The second kappa shape index (κ2) is 6.45. The zero-order chi connectivity index (χ0) is 18.1. The van der Waals surface area contributed by atoms with E-state index in [2.05, 4.69) is 15.4 Å². The standard InChI is InChI=1S/C16H16F4N4O/c17-8-7-15(5-6-15)13(25)22-14-21-10-24(23-14)9-11-1-3-12(4-2-11)16(18,19)20/h1-4,10H,5-9H2,(H,22,23,25). The van der Waals surface area contributed by atoms with Crippen LogP contribution in [-0.2, 0) is 17.5 Å². The number of alkyl halides is 4. The van der Waals surface area contributed by atoms with Crippen LogP contribution < -0.4 is 5.32 Å². The quantitative estimate of drug-likeness (QED) is 0.807. The first-order valence-corrected chi connectivity index (χ1v) is 7.75. The third-order valence-corrected chi connectivity index (χ3v) is 4.30. The van der Waals surface area contributed by atoms with Crippen molar-refractivity contribution in [3.8, 4) is 0 Å². The lowest BCUT2D eigenvalue weighted by Crippen LogP contribution is -2.25. The summed E-state index contributed by atoms with van der Waals surface area (Å²) in [7, 11) is 0. The minimum atomic E-state index is -4.37. The SMILES string of the molecule is O=C(Nc1ncn(Cc2ccc(C(F)(F)F)cc2)n1)C1(CCF)CC1. The van der Waals surface area contributed by atoms with Crippen LogP contribution in [-0.4, -0.2) is 27.3 Å². The summed E-state index contributed by atoms with van der Waals surface area (Å²) in [6.07, 6.45) is -1.52. The van der Waals surface area contributed by atoms with Gasteiger partial charge in [-0.2, -0.15) is 13.2 Å². The lowest BCUT2D eigenvalue weighted by molar-refractivity contribution is -0.137. The number of hydrogen-bond donors (Lipinski definition) is 1. The smallest absolute Gasteiger partial charge is 0.293 e. The molecule has 0 unspecified atom stereocenters. The maximum Gasteiger partial charge on any atom is 0.416 e. The molecule has 0 atom stereocenters. The zero-order valence-electron chi connectivity index (χ0n) is 13.2. The molecule has 1 N–H and O–H groups in total. The fourth-order valence-corrected chi connectivity index (χ4v) is 2.57. The topological polar surface area (TPSA) is 59.8 Å². The van der Waals surface area contributed by atoms with Gasteiger partial charge in [-0.25, -0.2) is 9.67 Å². The number of benzene rings is 1. The molecule has 3 rings (SSSR count). The molecule has 0 aliphatic heterocycles. The Hall–Kier alpha value is -2.45. The normalized spacial score (nSPS) is 15.8. The van der Waals surface area contributed by atoms with Gasteiger partial charge in [0, 0.05) is 0 Å². The molecular weight excluding hydrogens is 340 g/mol. The van der Waals surface area contributed by atoms with Crippen LogP contribution in [0.25, 0.3) is 0 Å². The van der Waals surface area contributed by atoms with Gasteiger partial charge >= 0.3 is 6.18 Å². The number of amides is 1. The first-order chi connectivity index (χ1) is 11.8. The molecule has 0 spiro atoms. The Kier molecular flexibility index (Phi) is 4.49. The molecule has 1 heterocycles. The van der Waals surface area contributed by atoms with Gasteiger partial charge in [-0.3, -0.25) is 14.5 Å². The molecule has 2 aromatic rings. The summed E-state index contributed by atoms with van der Waals surface area (Å²) in [4.78, 5) is 16.1. The van der Waals surface area contributed by atoms with Crippen LogP contribution in [0.3, 0.4) is 0 Å². The largest absolute Gasteiger partial charge is 0.416 e. The van der Waals surface area contributed by atoms with Gasteiger partial charge in [0.1, 0.15) is 6.33 Å². The van der Waals surface area contributed by atoms with Crippen molar-refractivity contribution in [3.05, 3.63) is 41.7 Å². The van der Waals surface area contributed by atoms with E-state index in [1.807, 2.05) is 0 Å². The van der Waals surface area contributed by atoms with Gasteiger partial charge in [-0.05, 0) is 37.0 Å². The van der Waals surface area contributed by atoms with Gasteiger partial charge in [-0.1, -0.05) is 12.1 Å². The van der Waals surface area contributed by atoms with E-state index in [0.29, 0.717) is 18.4 Å². The molecule has 0 bridgehead atoms. The fraction of sp³-hybridized carbons (Fsp3) is 0.438. The molecule has 1 aromatic heterocycles. The van der Waals surface area contributed by atoms with Gasteiger partial charge in [0.2, 0.25) is 11.9 Å². The molecule has 1 fully saturated rings. The first-order valence-electron chi connectivity index (χ1n) is 7.75. The van der Waals surface area contributed by atoms with E-state index in [1.54, 1.807) is 0 Å². The monoisotopic (exact) mass is 356 g/mol. The predicted molar refractivity (Wildman–Crippen MR) is 81.5 cm³/mol. The van der Waals surface area contributed by atoms with Crippen molar-refractivity contribution in [1.82, 2.24) is 14.8 Å². The molecular formula is C16H16F4N4O. The highest BCUT2D eigenvalue weighted by Gasteiger charge is 2.49. The molecule has 1 saturated carbocycles. The highest BCUT2D eigenvalue weighted by Crippen LogP contribution is 2.49. The lowest BCUT2D eigenvalue weighted by atomic mass is 10.0. The van der Waals surface area contributed by atoms with E-state index in [4.69, 9.17) is 0 Å². The number of hydrogen-bond acceptors (Lipinski definition) is 3. The van der Waals surface area contributed by atoms with Gasteiger partial charge < -0.3 is 0 Å². The number of aromatic nitrogens is 3. The Bertz CT molecular complexity index is 750.